The number of nitrogens with one attached hydrogen (secondary N) is 3. The highest BCUT2D eigenvalue weighted by Gasteiger charge is 2.22. The van der Waals surface area contributed by atoms with Gasteiger partial charge in [-0.2, -0.15) is 0 Å². The average molecular weight is 441 g/mol. The van der Waals surface area contributed by atoms with Crippen LogP contribution in [0.15, 0.2) is 41.4 Å². The zero-order valence-electron chi connectivity index (χ0n) is 19.2. The third kappa shape index (κ3) is 6.06. The largest absolute Gasteiger partial charge is 0.497 e. The number of carbonyl (C=O) groups excluding carboxylic acids is 1. The molecule has 0 saturated heterocycles. The van der Waals surface area contributed by atoms with Gasteiger partial charge in [0.05, 0.1) is 13.7 Å². The van der Waals surface area contributed by atoms with Gasteiger partial charge in [0.2, 0.25) is 0 Å². The molecule has 172 valence electrons. The topological polar surface area (TPSA) is 93.2 Å². The molecule has 8 nitrogen and oxygen atoms in total. The van der Waals surface area contributed by atoms with Crippen LogP contribution in [0.1, 0.15) is 35.3 Å². The van der Waals surface area contributed by atoms with Crippen molar-refractivity contribution in [2.45, 2.75) is 32.9 Å². The van der Waals surface area contributed by atoms with Crippen molar-refractivity contribution in [3.8, 4) is 17.2 Å². The van der Waals surface area contributed by atoms with E-state index in [0.717, 1.165) is 23.5 Å². The summed E-state index contributed by atoms with van der Waals surface area (Å²) < 4.78 is 16.9. The molecule has 0 aliphatic carbocycles. The van der Waals surface area contributed by atoms with E-state index in [1.54, 1.807) is 38.4 Å². The van der Waals surface area contributed by atoms with Crippen LogP contribution >= 0.6 is 0 Å². The summed E-state index contributed by atoms with van der Waals surface area (Å²) in [5.74, 6) is 2.91. The number of amides is 1. The first kappa shape index (κ1) is 23.2. The maximum Gasteiger partial charge on any atom is 0.251 e. The van der Waals surface area contributed by atoms with E-state index < -0.39 is 0 Å². The first-order valence-electron chi connectivity index (χ1n) is 10.9. The summed E-state index contributed by atoms with van der Waals surface area (Å²) in [5.41, 5.74) is 2.75. The van der Waals surface area contributed by atoms with Gasteiger partial charge in [0.15, 0.2) is 5.96 Å². The van der Waals surface area contributed by atoms with Crippen LogP contribution in [0.25, 0.3) is 0 Å². The Kier molecular flexibility index (Phi) is 8.19. The number of hydrogen-bond donors (Lipinski definition) is 3. The van der Waals surface area contributed by atoms with Gasteiger partial charge in [-0.25, -0.2) is 0 Å². The minimum absolute atomic E-state index is 0.151. The molecule has 1 aliphatic rings. The number of methoxy groups -OCH3 is 1. The van der Waals surface area contributed by atoms with Crippen LogP contribution in [0.4, 0.5) is 0 Å². The van der Waals surface area contributed by atoms with Gasteiger partial charge in [0.25, 0.3) is 5.91 Å². The van der Waals surface area contributed by atoms with Crippen LogP contribution in [0, 0.1) is 0 Å². The Morgan fingerprint density at radius 2 is 2.00 bits per heavy atom. The van der Waals surface area contributed by atoms with Crippen molar-refractivity contribution in [3.63, 3.8) is 0 Å². The lowest BCUT2D eigenvalue weighted by molar-refractivity contribution is 0.0954. The molecule has 0 fully saturated rings. The molecule has 1 amide bonds. The minimum atomic E-state index is -0.151. The quantitative estimate of drug-likeness (QED) is 0.315. The zero-order valence-corrected chi connectivity index (χ0v) is 19.2. The second-order valence-corrected chi connectivity index (χ2v) is 7.47. The smallest absolute Gasteiger partial charge is 0.251 e. The van der Waals surface area contributed by atoms with E-state index in [-0.39, 0.29) is 12.0 Å². The van der Waals surface area contributed by atoms with E-state index in [0.29, 0.717) is 43.5 Å². The normalized spacial score (nSPS) is 14.9. The molecule has 3 N–H and O–H groups in total. The summed E-state index contributed by atoms with van der Waals surface area (Å²) >= 11 is 0. The molecule has 3 rings (SSSR count). The number of carbonyl (C=O) groups is 1. The monoisotopic (exact) mass is 440 g/mol. The van der Waals surface area contributed by atoms with Gasteiger partial charge in [-0.1, -0.05) is 6.07 Å². The van der Waals surface area contributed by atoms with Crippen LogP contribution in [0.5, 0.6) is 17.2 Å². The molecule has 0 radical (unpaired) electrons. The van der Waals surface area contributed by atoms with E-state index in [1.807, 2.05) is 13.0 Å². The number of aliphatic imine (C=N–C) groups is 1. The van der Waals surface area contributed by atoms with E-state index in [1.165, 1.54) is 5.56 Å². The third-order valence-corrected chi connectivity index (χ3v) is 5.08. The molecule has 1 atom stereocenters. The molecule has 0 spiro atoms. The fraction of sp³-hybridized carbons (Fsp3) is 0.417. The van der Waals surface area contributed by atoms with E-state index >= 15 is 0 Å². The predicted molar refractivity (Wildman–Crippen MR) is 125 cm³/mol. The fourth-order valence-electron chi connectivity index (χ4n) is 3.53. The van der Waals surface area contributed by atoms with Crippen LogP contribution in [-0.2, 0) is 13.0 Å². The van der Waals surface area contributed by atoms with Gasteiger partial charge in [-0.3, -0.25) is 9.79 Å². The second-order valence-electron chi connectivity index (χ2n) is 7.47. The standard InChI is InChI=1S/C24H32N4O4/c1-5-31-21-13-18-11-16(2)32-22(18)14-19(21)15-28-24(25-3)27-10-9-26-23(29)17-7-6-8-20(12-17)30-4/h6-8,12-14,16H,5,9-11,15H2,1-4H3,(H,26,29)(H2,25,27,28). The molecular formula is C24H32N4O4. The summed E-state index contributed by atoms with van der Waals surface area (Å²) in [6.07, 6.45) is 1.08. The molecule has 0 bridgehead atoms. The van der Waals surface area contributed by atoms with Gasteiger partial charge < -0.3 is 30.2 Å². The maximum absolute atomic E-state index is 12.3. The lowest BCUT2D eigenvalue weighted by Crippen LogP contribution is -2.41. The summed E-state index contributed by atoms with van der Waals surface area (Å²) in [7, 11) is 3.29. The molecule has 32 heavy (non-hydrogen) atoms. The Hall–Kier alpha value is -3.42. The summed E-state index contributed by atoms with van der Waals surface area (Å²) in [4.78, 5) is 16.5. The van der Waals surface area contributed by atoms with Crippen LogP contribution < -0.4 is 30.2 Å². The van der Waals surface area contributed by atoms with Gasteiger partial charge >= 0.3 is 0 Å². The Labute approximate surface area is 189 Å². The molecule has 1 unspecified atom stereocenters. The van der Waals surface area contributed by atoms with Crippen molar-refractivity contribution in [2.24, 2.45) is 4.99 Å². The Balaban J connectivity index is 1.49. The van der Waals surface area contributed by atoms with Gasteiger partial charge in [-0.15, -0.1) is 0 Å². The van der Waals surface area contributed by atoms with Crippen molar-refractivity contribution < 1.29 is 19.0 Å². The Morgan fingerprint density at radius 1 is 1.19 bits per heavy atom. The highest BCUT2D eigenvalue weighted by Crippen LogP contribution is 2.35. The lowest BCUT2D eigenvalue weighted by Gasteiger charge is -2.16. The molecular weight excluding hydrogens is 408 g/mol. The highest BCUT2D eigenvalue weighted by atomic mass is 16.5. The van der Waals surface area contributed by atoms with Crippen molar-refractivity contribution in [1.82, 2.24) is 16.0 Å². The predicted octanol–water partition coefficient (Wildman–Crippen LogP) is 2.51. The number of ether oxygens (including phenoxy) is 3. The Morgan fingerprint density at radius 3 is 2.75 bits per heavy atom. The van der Waals surface area contributed by atoms with E-state index in [4.69, 9.17) is 14.2 Å². The van der Waals surface area contributed by atoms with Crippen molar-refractivity contribution in [3.05, 3.63) is 53.1 Å². The molecule has 2 aromatic carbocycles. The van der Waals surface area contributed by atoms with Crippen LogP contribution in [0.2, 0.25) is 0 Å². The molecule has 2 aromatic rings. The highest BCUT2D eigenvalue weighted by molar-refractivity contribution is 5.94. The third-order valence-electron chi connectivity index (χ3n) is 5.08. The first-order chi connectivity index (χ1) is 15.5. The fourth-order valence-corrected chi connectivity index (χ4v) is 3.53. The second kappa shape index (κ2) is 11.3. The molecule has 1 heterocycles. The van der Waals surface area contributed by atoms with Gasteiger partial charge in [-0.05, 0) is 44.2 Å². The van der Waals surface area contributed by atoms with Crippen molar-refractivity contribution >= 4 is 11.9 Å². The molecule has 1 aliphatic heterocycles. The zero-order chi connectivity index (χ0) is 22.9. The molecule has 8 heteroatoms. The van der Waals surface area contributed by atoms with Crippen LogP contribution in [0.3, 0.4) is 0 Å². The summed E-state index contributed by atoms with van der Waals surface area (Å²) in [6.45, 7) is 6.16. The number of rotatable bonds is 9. The molecule has 0 saturated carbocycles. The molecule has 0 aromatic heterocycles. The van der Waals surface area contributed by atoms with Gasteiger partial charge in [0.1, 0.15) is 23.4 Å². The lowest BCUT2D eigenvalue weighted by atomic mass is 10.1. The maximum atomic E-state index is 12.3. The van der Waals surface area contributed by atoms with E-state index in [9.17, 15) is 4.79 Å². The van der Waals surface area contributed by atoms with E-state index in [2.05, 4.69) is 33.9 Å². The Bertz CT molecular complexity index is 961. The van der Waals surface area contributed by atoms with Crippen LogP contribution in [-0.4, -0.2) is 51.8 Å². The number of benzene rings is 2. The SMILES string of the molecule is CCOc1cc2c(cc1CNC(=NC)NCCNC(=O)c1cccc(OC)c1)OC(C)C2. The first-order valence-corrected chi connectivity index (χ1v) is 10.9. The minimum Gasteiger partial charge on any atom is -0.497 e. The summed E-state index contributed by atoms with van der Waals surface area (Å²) in [5, 5.41) is 9.39. The summed E-state index contributed by atoms with van der Waals surface area (Å²) in [6, 6.07) is 11.2. The number of fused-ring (bicyclic) bond motifs is 1. The number of hydrogen-bond acceptors (Lipinski definition) is 5. The van der Waals surface area contributed by atoms with Crippen molar-refractivity contribution in [2.75, 3.05) is 33.9 Å². The number of guanidine groups is 1. The average Bonchev–Trinajstić information content (AvgIpc) is 3.17. The van der Waals surface area contributed by atoms with Crippen molar-refractivity contribution in [1.29, 1.82) is 0 Å². The number of nitrogens with zero attached hydrogens (tertiary/aromatic N) is 1. The van der Waals surface area contributed by atoms with Gasteiger partial charge in [0, 0.05) is 49.8 Å².